The third-order valence-corrected chi connectivity index (χ3v) is 8.68. The van der Waals surface area contributed by atoms with Crippen molar-refractivity contribution < 1.29 is 30.3 Å². The topological polar surface area (TPSA) is 221 Å². The van der Waals surface area contributed by atoms with Crippen molar-refractivity contribution in [2.24, 2.45) is 5.92 Å². The number of hydrogen-bond donors (Lipinski definition) is 8. The van der Waals surface area contributed by atoms with Crippen LogP contribution in [0.1, 0.15) is 36.9 Å². The molecule has 4 aromatic rings. The second kappa shape index (κ2) is 11.2. The molecule has 220 valence electrons. The molecule has 4 heterocycles. The summed E-state index contributed by atoms with van der Waals surface area (Å²) in [7, 11) is 0. The van der Waals surface area contributed by atoms with Gasteiger partial charge in [0.05, 0.1) is 42.6 Å². The molecule has 4 atom stereocenters. The minimum absolute atomic E-state index is 0.235. The fourth-order valence-corrected chi connectivity index (χ4v) is 5.88. The molecule has 1 saturated carbocycles. The molecule has 1 saturated heterocycles. The number of nitrogen functional groups attached to an aromatic ring is 1. The second-order valence-corrected chi connectivity index (χ2v) is 11.3. The zero-order valence-corrected chi connectivity index (χ0v) is 22.5. The van der Waals surface area contributed by atoms with Gasteiger partial charge in [0.1, 0.15) is 36.0 Å². The second-order valence-electron chi connectivity index (χ2n) is 11.3. The zero-order valence-electron chi connectivity index (χ0n) is 22.5. The Balaban J connectivity index is 0.985. The van der Waals surface area contributed by atoms with E-state index in [2.05, 4.69) is 30.2 Å². The number of ether oxygens (including phenoxy) is 1. The summed E-state index contributed by atoms with van der Waals surface area (Å²) in [5, 5.41) is 53.9. The summed E-state index contributed by atoms with van der Waals surface area (Å²) in [6.07, 6.45) is 2.92. The Morgan fingerprint density at radius 3 is 2.61 bits per heavy atom. The lowest BCUT2D eigenvalue weighted by Gasteiger charge is -2.36. The molecule has 2 aliphatic rings. The van der Waals surface area contributed by atoms with Crippen molar-refractivity contribution in [3.63, 3.8) is 0 Å². The van der Waals surface area contributed by atoms with Gasteiger partial charge in [0.25, 0.3) is 0 Å². The van der Waals surface area contributed by atoms with Crippen LogP contribution in [0, 0.1) is 5.92 Å². The van der Waals surface area contributed by atoms with E-state index in [0.29, 0.717) is 35.2 Å². The number of nitrogens with zero attached hydrogens (tertiary/aromatic N) is 5. The van der Waals surface area contributed by atoms with Crippen LogP contribution in [0.15, 0.2) is 30.9 Å². The predicted molar refractivity (Wildman–Crippen MR) is 148 cm³/mol. The lowest BCUT2D eigenvalue weighted by Crippen LogP contribution is -2.46. The highest BCUT2D eigenvalue weighted by Crippen LogP contribution is 2.34. The number of aliphatic hydroxyl groups is 5. The molecule has 3 aromatic heterocycles. The SMILES string of the molecule is Nc1ncnc2c1ncn2[C@@H]1O[C@H](CNC2CC(CCc3nc4ccc(C(CO)(CO)CO)cc4[nH]3)C2)[C@@H](O)[C@H]1O. The first-order valence-corrected chi connectivity index (χ1v) is 13.9. The van der Waals surface area contributed by atoms with Gasteiger partial charge in [0.2, 0.25) is 0 Å². The number of imidazole rings is 2. The van der Waals surface area contributed by atoms with Gasteiger partial charge in [-0.1, -0.05) is 6.07 Å². The van der Waals surface area contributed by atoms with Crippen molar-refractivity contribution in [2.75, 3.05) is 32.1 Å². The maximum absolute atomic E-state index is 10.7. The minimum atomic E-state index is -1.14. The van der Waals surface area contributed by atoms with Crippen LogP contribution in [-0.4, -0.2) is 106 Å². The molecule has 1 aliphatic heterocycles. The molecule has 2 fully saturated rings. The van der Waals surface area contributed by atoms with E-state index < -0.39 is 30.0 Å². The molecular formula is C27H36N8O6. The van der Waals surface area contributed by atoms with E-state index >= 15 is 0 Å². The Morgan fingerprint density at radius 2 is 1.85 bits per heavy atom. The maximum atomic E-state index is 10.7. The van der Waals surface area contributed by atoms with Gasteiger partial charge in [-0.3, -0.25) is 4.57 Å². The van der Waals surface area contributed by atoms with Crippen molar-refractivity contribution in [1.82, 2.24) is 34.8 Å². The van der Waals surface area contributed by atoms with Crippen molar-refractivity contribution in [1.29, 1.82) is 0 Å². The largest absolute Gasteiger partial charge is 0.395 e. The number of H-pyrrole nitrogens is 1. The lowest BCUT2D eigenvalue weighted by atomic mass is 9.77. The Morgan fingerprint density at radius 1 is 1.07 bits per heavy atom. The van der Waals surface area contributed by atoms with E-state index in [-0.39, 0.29) is 25.6 Å². The van der Waals surface area contributed by atoms with Gasteiger partial charge < -0.3 is 46.3 Å². The van der Waals surface area contributed by atoms with E-state index in [0.717, 1.165) is 42.5 Å². The number of benzene rings is 1. The highest BCUT2D eigenvalue weighted by atomic mass is 16.6. The van der Waals surface area contributed by atoms with Crippen LogP contribution < -0.4 is 11.1 Å². The molecule has 0 unspecified atom stereocenters. The number of hydrogen-bond acceptors (Lipinski definition) is 12. The summed E-state index contributed by atoms with van der Waals surface area (Å²) < 4.78 is 7.59. The van der Waals surface area contributed by atoms with Gasteiger partial charge in [0, 0.05) is 19.0 Å². The van der Waals surface area contributed by atoms with Crippen molar-refractivity contribution in [2.45, 2.75) is 61.7 Å². The van der Waals surface area contributed by atoms with Crippen molar-refractivity contribution >= 4 is 28.0 Å². The van der Waals surface area contributed by atoms with Crippen LogP contribution in [0.4, 0.5) is 5.82 Å². The molecule has 0 radical (unpaired) electrons. The van der Waals surface area contributed by atoms with Crippen LogP contribution in [0.25, 0.3) is 22.2 Å². The normalized spacial score (nSPS) is 26.7. The first kappa shape index (κ1) is 27.9. The smallest absolute Gasteiger partial charge is 0.167 e. The molecule has 0 amide bonds. The molecule has 1 aliphatic carbocycles. The number of anilines is 1. The molecule has 0 bridgehead atoms. The number of nitrogens with two attached hydrogens (primary N) is 1. The van der Waals surface area contributed by atoms with E-state index in [9.17, 15) is 25.5 Å². The number of aliphatic hydroxyl groups excluding tert-OH is 5. The van der Waals surface area contributed by atoms with Crippen molar-refractivity contribution in [3.8, 4) is 0 Å². The van der Waals surface area contributed by atoms with Crippen LogP contribution in [-0.2, 0) is 16.6 Å². The Kier molecular flexibility index (Phi) is 7.63. The molecule has 14 heteroatoms. The number of fused-ring (bicyclic) bond motifs is 2. The lowest BCUT2D eigenvalue weighted by molar-refractivity contribution is -0.0357. The van der Waals surface area contributed by atoms with Crippen LogP contribution in [0.2, 0.25) is 0 Å². The molecular weight excluding hydrogens is 532 g/mol. The number of aromatic amines is 1. The molecule has 0 spiro atoms. The number of rotatable bonds is 11. The molecule has 41 heavy (non-hydrogen) atoms. The predicted octanol–water partition coefficient (Wildman–Crippen LogP) is -0.880. The van der Waals surface area contributed by atoms with Crippen LogP contribution in [0.3, 0.4) is 0 Å². The fraction of sp³-hybridized carbons (Fsp3) is 0.556. The van der Waals surface area contributed by atoms with Crippen molar-refractivity contribution in [3.05, 3.63) is 42.2 Å². The standard InChI is InChI=1S/C27H36N8O6/c28-24-21-25(31-12-30-24)35(13-32-21)26-23(40)22(39)19(41-26)8-29-16-5-14(6-16)1-4-20-33-17-3-2-15(7-18(17)34-20)27(9-36,10-37)11-38/h2-3,7,12-14,16,19,22-23,26,29,36-40H,1,4-6,8-11H2,(H,33,34)(H2,28,30,31)/t14?,16?,19-,22-,23-,26-/m1/s1. The minimum Gasteiger partial charge on any atom is -0.395 e. The summed E-state index contributed by atoms with van der Waals surface area (Å²) in [6.45, 7) is -0.672. The Hall–Kier alpha value is -3.24. The maximum Gasteiger partial charge on any atom is 0.167 e. The third-order valence-electron chi connectivity index (χ3n) is 8.68. The molecule has 1 aromatic carbocycles. The third kappa shape index (κ3) is 5.05. The van der Waals surface area contributed by atoms with E-state index in [1.54, 1.807) is 10.6 Å². The van der Waals surface area contributed by atoms with Crippen LogP contribution in [0.5, 0.6) is 0 Å². The summed E-state index contributed by atoms with van der Waals surface area (Å²) >= 11 is 0. The summed E-state index contributed by atoms with van der Waals surface area (Å²) in [4.78, 5) is 20.3. The first-order chi connectivity index (χ1) is 19.9. The highest BCUT2D eigenvalue weighted by Gasteiger charge is 2.44. The molecule has 6 rings (SSSR count). The van der Waals surface area contributed by atoms with Gasteiger partial charge in [-0.25, -0.2) is 19.9 Å². The highest BCUT2D eigenvalue weighted by molar-refractivity contribution is 5.81. The van der Waals surface area contributed by atoms with Gasteiger partial charge in [0.15, 0.2) is 17.7 Å². The summed E-state index contributed by atoms with van der Waals surface area (Å²) in [5.74, 6) is 1.65. The van der Waals surface area contributed by atoms with Crippen LogP contribution >= 0.6 is 0 Å². The van der Waals surface area contributed by atoms with Gasteiger partial charge in [-0.2, -0.15) is 0 Å². The first-order valence-electron chi connectivity index (χ1n) is 13.9. The zero-order chi connectivity index (χ0) is 28.7. The van der Waals surface area contributed by atoms with E-state index in [4.69, 9.17) is 10.5 Å². The molecule has 9 N–H and O–H groups in total. The van der Waals surface area contributed by atoms with E-state index in [1.165, 1.54) is 12.7 Å². The van der Waals surface area contributed by atoms with E-state index in [1.807, 2.05) is 12.1 Å². The summed E-state index contributed by atoms with van der Waals surface area (Å²) in [5.41, 5.74) is 7.88. The van der Waals surface area contributed by atoms with Gasteiger partial charge in [-0.05, 0) is 42.9 Å². The Labute approximate surface area is 235 Å². The van der Waals surface area contributed by atoms with Gasteiger partial charge in [-0.15, -0.1) is 0 Å². The number of aryl methyl sites for hydroxylation is 1. The average molecular weight is 569 g/mol. The quantitative estimate of drug-likeness (QED) is 0.111. The fourth-order valence-electron chi connectivity index (χ4n) is 5.88. The number of aromatic nitrogens is 6. The monoisotopic (exact) mass is 568 g/mol. The Bertz CT molecular complexity index is 1490. The molecule has 14 nitrogen and oxygen atoms in total. The van der Waals surface area contributed by atoms with Gasteiger partial charge >= 0.3 is 0 Å². The number of nitrogens with one attached hydrogen (secondary N) is 2. The average Bonchev–Trinajstić information content (AvgIpc) is 3.65. The summed E-state index contributed by atoms with van der Waals surface area (Å²) in [6, 6.07) is 5.75.